The molecule has 0 aliphatic carbocycles. The van der Waals surface area contributed by atoms with Gasteiger partial charge in [0.05, 0.1) is 5.52 Å². The summed E-state index contributed by atoms with van der Waals surface area (Å²) >= 11 is 0. The van der Waals surface area contributed by atoms with E-state index in [1.165, 1.54) is 14.2 Å². The van der Waals surface area contributed by atoms with E-state index in [4.69, 9.17) is 9.47 Å². The summed E-state index contributed by atoms with van der Waals surface area (Å²) in [6.07, 6.45) is -0.719. The van der Waals surface area contributed by atoms with Crippen molar-refractivity contribution in [3.8, 4) is 0 Å². The van der Waals surface area contributed by atoms with Crippen molar-refractivity contribution in [2.45, 2.75) is 25.7 Å². The molecule has 0 amide bonds. The highest BCUT2D eigenvalue weighted by atomic mass is 16.7. The minimum absolute atomic E-state index is 0.719. The van der Waals surface area contributed by atoms with Crippen LogP contribution >= 0.6 is 0 Å². The second kappa shape index (κ2) is 5.25. The summed E-state index contributed by atoms with van der Waals surface area (Å²) in [4.78, 5) is 4.44. The van der Waals surface area contributed by atoms with Crippen molar-refractivity contribution in [2.75, 3.05) is 14.2 Å². The van der Waals surface area contributed by atoms with Crippen molar-refractivity contribution in [3.63, 3.8) is 0 Å². The molecule has 102 valence electrons. The molecule has 19 heavy (non-hydrogen) atoms. The number of hydrogen-bond donors (Lipinski definition) is 1. The fourth-order valence-electron chi connectivity index (χ4n) is 2.23. The van der Waals surface area contributed by atoms with Crippen LogP contribution < -0.4 is 0 Å². The van der Waals surface area contributed by atoms with Crippen LogP contribution in [0.25, 0.3) is 10.9 Å². The summed E-state index contributed by atoms with van der Waals surface area (Å²) in [7, 11) is 3.02. The first-order chi connectivity index (χ1) is 8.98. The molecule has 0 aliphatic heterocycles. The van der Waals surface area contributed by atoms with Gasteiger partial charge in [0.25, 0.3) is 0 Å². The van der Waals surface area contributed by atoms with Crippen LogP contribution in [0, 0.1) is 6.92 Å². The first-order valence-corrected chi connectivity index (χ1v) is 6.15. The highest BCUT2D eigenvalue weighted by molar-refractivity contribution is 5.79. The lowest BCUT2D eigenvalue weighted by atomic mass is 9.94. The van der Waals surface area contributed by atoms with E-state index in [1.54, 1.807) is 6.92 Å². The molecule has 1 atom stereocenters. The molecule has 0 fully saturated rings. The van der Waals surface area contributed by atoms with Gasteiger partial charge >= 0.3 is 0 Å². The Morgan fingerprint density at radius 2 is 1.84 bits per heavy atom. The van der Waals surface area contributed by atoms with E-state index in [9.17, 15) is 5.11 Å². The topological polar surface area (TPSA) is 51.6 Å². The molecule has 1 N–H and O–H groups in total. The molecule has 2 rings (SSSR count). The van der Waals surface area contributed by atoms with Crippen LogP contribution in [0.15, 0.2) is 30.3 Å². The fraction of sp³-hybridized carbons (Fsp3) is 0.400. The van der Waals surface area contributed by atoms with E-state index in [-0.39, 0.29) is 0 Å². The summed E-state index contributed by atoms with van der Waals surface area (Å²) in [5, 5.41) is 11.6. The third kappa shape index (κ3) is 2.61. The Hall–Kier alpha value is -1.49. The Morgan fingerprint density at radius 1 is 1.16 bits per heavy atom. The van der Waals surface area contributed by atoms with Gasteiger partial charge in [-0.1, -0.05) is 12.1 Å². The number of methoxy groups -OCH3 is 2. The molecule has 0 bridgehead atoms. The summed E-state index contributed by atoms with van der Waals surface area (Å²) in [6, 6.07) is 9.60. The second-order valence-electron chi connectivity index (χ2n) is 4.81. The Labute approximate surface area is 113 Å². The number of rotatable bonds is 4. The van der Waals surface area contributed by atoms with Gasteiger partial charge in [-0.2, -0.15) is 0 Å². The highest BCUT2D eigenvalue weighted by Gasteiger charge is 2.34. The molecule has 1 aromatic heterocycles. The molecule has 0 spiro atoms. The third-order valence-electron chi connectivity index (χ3n) is 3.30. The van der Waals surface area contributed by atoms with Crippen LogP contribution in [0.5, 0.6) is 0 Å². The third-order valence-corrected chi connectivity index (χ3v) is 3.30. The van der Waals surface area contributed by atoms with E-state index in [0.29, 0.717) is 0 Å². The number of nitrogens with zero attached hydrogens (tertiary/aromatic N) is 1. The smallest absolute Gasteiger partial charge is 0.189 e. The number of pyridine rings is 1. The Balaban J connectivity index is 2.48. The first-order valence-electron chi connectivity index (χ1n) is 6.15. The zero-order chi connectivity index (χ0) is 14.0. The molecule has 4 heteroatoms. The SMILES string of the molecule is COC(OC)C(C)(O)c1ccc2nc(C)ccc2c1. The first kappa shape index (κ1) is 13.9. The van der Waals surface area contributed by atoms with Crippen LogP contribution in [0.4, 0.5) is 0 Å². The van der Waals surface area contributed by atoms with Crippen molar-refractivity contribution in [2.24, 2.45) is 0 Å². The van der Waals surface area contributed by atoms with Gasteiger partial charge in [0.15, 0.2) is 6.29 Å². The molecular weight excluding hydrogens is 242 g/mol. The molecular formula is C15H19NO3. The van der Waals surface area contributed by atoms with Gasteiger partial charge in [0.2, 0.25) is 0 Å². The van der Waals surface area contributed by atoms with Crippen molar-refractivity contribution in [1.82, 2.24) is 4.98 Å². The molecule has 0 saturated heterocycles. The Bertz CT molecular complexity index is 577. The minimum Gasteiger partial charge on any atom is -0.380 e. The second-order valence-corrected chi connectivity index (χ2v) is 4.81. The number of aromatic nitrogens is 1. The van der Waals surface area contributed by atoms with E-state index < -0.39 is 11.9 Å². The maximum absolute atomic E-state index is 10.6. The van der Waals surface area contributed by atoms with E-state index in [1.807, 2.05) is 37.3 Å². The molecule has 1 heterocycles. The van der Waals surface area contributed by atoms with Crippen LogP contribution in [0.2, 0.25) is 0 Å². The van der Waals surface area contributed by atoms with Gasteiger partial charge in [-0.3, -0.25) is 4.98 Å². The normalized spacial score (nSPS) is 14.8. The predicted molar refractivity (Wildman–Crippen MR) is 73.9 cm³/mol. The largest absolute Gasteiger partial charge is 0.380 e. The zero-order valence-corrected chi connectivity index (χ0v) is 11.7. The number of hydrogen-bond acceptors (Lipinski definition) is 4. The summed E-state index contributed by atoms with van der Waals surface area (Å²) in [5.74, 6) is 0. The minimum atomic E-state index is -1.22. The number of ether oxygens (including phenoxy) is 2. The number of aryl methyl sites for hydroxylation is 1. The molecule has 0 saturated carbocycles. The molecule has 2 aromatic rings. The van der Waals surface area contributed by atoms with Crippen molar-refractivity contribution in [1.29, 1.82) is 0 Å². The number of fused-ring (bicyclic) bond motifs is 1. The van der Waals surface area contributed by atoms with Gasteiger partial charge < -0.3 is 14.6 Å². The van der Waals surface area contributed by atoms with Crippen molar-refractivity contribution in [3.05, 3.63) is 41.6 Å². The van der Waals surface area contributed by atoms with Crippen LogP contribution in [0.1, 0.15) is 18.2 Å². The van der Waals surface area contributed by atoms with Gasteiger partial charge in [0, 0.05) is 25.3 Å². The maximum atomic E-state index is 10.6. The van der Waals surface area contributed by atoms with E-state index >= 15 is 0 Å². The molecule has 4 nitrogen and oxygen atoms in total. The quantitative estimate of drug-likeness (QED) is 0.858. The Morgan fingerprint density at radius 3 is 2.47 bits per heavy atom. The van der Waals surface area contributed by atoms with Crippen LogP contribution in [-0.4, -0.2) is 30.6 Å². The maximum Gasteiger partial charge on any atom is 0.189 e. The number of benzene rings is 1. The molecule has 1 unspecified atom stereocenters. The summed E-state index contributed by atoms with van der Waals surface area (Å²) < 4.78 is 10.3. The van der Waals surface area contributed by atoms with Crippen molar-refractivity contribution < 1.29 is 14.6 Å². The van der Waals surface area contributed by atoms with Gasteiger partial charge in [0.1, 0.15) is 5.60 Å². The number of aliphatic hydroxyl groups is 1. The lowest BCUT2D eigenvalue weighted by Gasteiger charge is -2.31. The standard InChI is InChI=1S/C15H19NO3/c1-10-5-6-11-9-12(7-8-13(11)16-10)15(2,17)14(18-3)19-4/h5-9,14,17H,1-4H3. The van der Waals surface area contributed by atoms with Crippen LogP contribution in [-0.2, 0) is 15.1 Å². The average Bonchev–Trinajstić information content (AvgIpc) is 2.39. The lowest BCUT2D eigenvalue weighted by Crippen LogP contribution is -2.39. The van der Waals surface area contributed by atoms with E-state index in [0.717, 1.165) is 22.2 Å². The van der Waals surface area contributed by atoms with Crippen molar-refractivity contribution >= 4 is 10.9 Å². The van der Waals surface area contributed by atoms with E-state index in [2.05, 4.69) is 4.98 Å². The predicted octanol–water partition coefficient (Wildman–Crippen LogP) is 2.37. The highest BCUT2D eigenvalue weighted by Crippen LogP contribution is 2.29. The average molecular weight is 261 g/mol. The molecule has 0 radical (unpaired) electrons. The monoisotopic (exact) mass is 261 g/mol. The van der Waals surface area contributed by atoms with Crippen LogP contribution in [0.3, 0.4) is 0 Å². The summed E-state index contributed by atoms with van der Waals surface area (Å²) in [6.45, 7) is 3.63. The van der Waals surface area contributed by atoms with Gasteiger partial charge in [-0.25, -0.2) is 0 Å². The fourth-order valence-corrected chi connectivity index (χ4v) is 2.23. The lowest BCUT2D eigenvalue weighted by molar-refractivity contribution is -0.213. The van der Waals surface area contributed by atoms with Gasteiger partial charge in [-0.05, 0) is 37.6 Å². The zero-order valence-electron chi connectivity index (χ0n) is 11.7. The molecule has 0 aliphatic rings. The summed E-state index contributed by atoms with van der Waals surface area (Å²) in [5.41, 5.74) is 1.40. The van der Waals surface area contributed by atoms with Gasteiger partial charge in [-0.15, -0.1) is 0 Å². The Kier molecular flexibility index (Phi) is 3.85. The molecule has 1 aromatic carbocycles.